The molecular formula is C20H28IN5OS. The molecule has 1 aromatic carbocycles. The van der Waals surface area contributed by atoms with Gasteiger partial charge in [0.1, 0.15) is 0 Å². The lowest BCUT2D eigenvalue weighted by molar-refractivity contribution is 0.100. The number of halogens is 1. The van der Waals surface area contributed by atoms with Gasteiger partial charge in [0.05, 0.1) is 11.5 Å². The summed E-state index contributed by atoms with van der Waals surface area (Å²) in [6, 6.07) is 12.0. The van der Waals surface area contributed by atoms with E-state index >= 15 is 0 Å². The monoisotopic (exact) mass is 513 g/mol. The number of hydrogen-bond acceptors (Lipinski definition) is 4. The largest absolute Gasteiger partial charge is 0.366 e. The number of carbonyl (C=O) groups excluding carboxylic acids is 1. The number of hydrogen-bond donors (Lipinski definition) is 3. The highest BCUT2D eigenvalue weighted by atomic mass is 127. The third-order valence-corrected chi connectivity index (χ3v) is 5.59. The van der Waals surface area contributed by atoms with Crippen molar-refractivity contribution in [2.24, 2.45) is 10.7 Å². The summed E-state index contributed by atoms with van der Waals surface area (Å²) in [7, 11) is 0. The summed E-state index contributed by atoms with van der Waals surface area (Å²) in [6.45, 7) is 5.57. The fourth-order valence-electron chi connectivity index (χ4n) is 3.15. The van der Waals surface area contributed by atoms with Gasteiger partial charge in [-0.1, -0.05) is 12.1 Å². The fraction of sp³-hybridized carbons (Fsp3) is 0.400. The zero-order chi connectivity index (χ0) is 19.1. The summed E-state index contributed by atoms with van der Waals surface area (Å²) in [6.07, 6.45) is 2.19. The van der Waals surface area contributed by atoms with E-state index in [1.54, 1.807) is 23.5 Å². The molecule has 0 atom stereocenters. The van der Waals surface area contributed by atoms with Gasteiger partial charge in [0.2, 0.25) is 5.91 Å². The van der Waals surface area contributed by atoms with Crippen LogP contribution >= 0.6 is 35.3 Å². The zero-order valence-electron chi connectivity index (χ0n) is 16.1. The van der Waals surface area contributed by atoms with E-state index in [0.29, 0.717) is 18.2 Å². The number of rotatable bonds is 6. The Bertz CT molecular complexity index is 755. The standard InChI is InChI=1S/C20H27N5OS.HI/c1-2-22-20(23-14-15-5-7-16(8-6-15)19(21)26)24-17-9-11-25(12-10-17)18-4-3-13-27-18;/h3-8,13,17H,2,9-12,14H2,1H3,(H2,21,26)(H2,22,23,24);1H. The molecule has 0 unspecified atom stereocenters. The first-order chi connectivity index (χ1) is 13.2. The molecule has 1 saturated heterocycles. The van der Waals surface area contributed by atoms with Gasteiger partial charge < -0.3 is 21.3 Å². The van der Waals surface area contributed by atoms with Crippen molar-refractivity contribution in [3.8, 4) is 0 Å². The molecule has 8 heteroatoms. The minimum absolute atomic E-state index is 0. The Labute approximate surface area is 187 Å². The number of anilines is 1. The van der Waals surface area contributed by atoms with Crippen LogP contribution in [0, 0.1) is 0 Å². The lowest BCUT2D eigenvalue weighted by Crippen LogP contribution is -2.48. The summed E-state index contributed by atoms with van der Waals surface area (Å²) >= 11 is 1.80. The Hall–Kier alpha value is -1.81. The quantitative estimate of drug-likeness (QED) is 0.315. The van der Waals surface area contributed by atoms with Crippen molar-refractivity contribution in [1.82, 2.24) is 10.6 Å². The maximum Gasteiger partial charge on any atom is 0.248 e. The van der Waals surface area contributed by atoms with Crippen molar-refractivity contribution in [2.75, 3.05) is 24.5 Å². The van der Waals surface area contributed by atoms with E-state index in [9.17, 15) is 4.79 Å². The van der Waals surface area contributed by atoms with E-state index in [1.807, 2.05) is 12.1 Å². The molecule has 0 aliphatic carbocycles. The van der Waals surface area contributed by atoms with Gasteiger partial charge in [0.15, 0.2) is 5.96 Å². The first-order valence-electron chi connectivity index (χ1n) is 9.37. The number of amides is 1. The lowest BCUT2D eigenvalue weighted by atomic mass is 10.1. The second kappa shape index (κ2) is 11.3. The Morgan fingerprint density at radius 1 is 1.25 bits per heavy atom. The van der Waals surface area contributed by atoms with Crippen LogP contribution in [-0.2, 0) is 6.54 Å². The van der Waals surface area contributed by atoms with E-state index in [2.05, 4.69) is 45.0 Å². The van der Waals surface area contributed by atoms with Crippen LogP contribution in [0.1, 0.15) is 35.7 Å². The highest BCUT2D eigenvalue weighted by Gasteiger charge is 2.20. The molecule has 1 fully saturated rings. The van der Waals surface area contributed by atoms with Gasteiger partial charge in [-0.25, -0.2) is 4.99 Å². The number of thiophene rings is 1. The van der Waals surface area contributed by atoms with E-state index in [-0.39, 0.29) is 24.0 Å². The van der Waals surface area contributed by atoms with Crippen LogP contribution in [0.15, 0.2) is 46.8 Å². The summed E-state index contributed by atoms with van der Waals surface area (Å²) in [5, 5.41) is 10.4. The van der Waals surface area contributed by atoms with Crippen molar-refractivity contribution in [3.05, 3.63) is 52.9 Å². The van der Waals surface area contributed by atoms with E-state index in [1.165, 1.54) is 5.00 Å². The smallest absolute Gasteiger partial charge is 0.248 e. The van der Waals surface area contributed by atoms with E-state index in [0.717, 1.165) is 44.0 Å². The topological polar surface area (TPSA) is 82.7 Å². The molecule has 1 aliphatic rings. The van der Waals surface area contributed by atoms with Crippen molar-refractivity contribution in [3.63, 3.8) is 0 Å². The summed E-state index contributed by atoms with van der Waals surface area (Å²) in [5.41, 5.74) is 6.85. The molecule has 0 saturated carbocycles. The van der Waals surface area contributed by atoms with E-state index < -0.39 is 5.91 Å². The number of benzene rings is 1. The third-order valence-electron chi connectivity index (χ3n) is 4.66. The van der Waals surface area contributed by atoms with Gasteiger partial charge >= 0.3 is 0 Å². The van der Waals surface area contributed by atoms with Gasteiger partial charge in [-0.05, 0) is 55.0 Å². The minimum atomic E-state index is -0.408. The molecule has 152 valence electrons. The first kappa shape index (κ1) is 22.5. The van der Waals surface area contributed by atoms with Gasteiger partial charge in [-0.2, -0.15) is 0 Å². The molecule has 0 radical (unpaired) electrons. The summed E-state index contributed by atoms with van der Waals surface area (Å²) < 4.78 is 0. The lowest BCUT2D eigenvalue weighted by Gasteiger charge is -2.33. The Morgan fingerprint density at radius 3 is 2.54 bits per heavy atom. The molecule has 1 amide bonds. The van der Waals surface area contributed by atoms with Crippen molar-refractivity contribution >= 4 is 52.2 Å². The SMILES string of the molecule is CCNC(=NCc1ccc(C(N)=O)cc1)NC1CCN(c2cccs2)CC1.I. The number of guanidine groups is 1. The molecule has 0 spiro atoms. The van der Waals surface area contributed by atoms with E-state index in [4.69, 9.17) is 5.73 Å². The predicted octanol–water partition coefficient (Wildman–Crippen LogP) is 3.19. The number of nitrogens with two attached hydrogens (primary N) is 1. The number of nitrogens with zero attached hydrogens (tertiary/aromatic N) is 2. The highest BCUT2D eigenvalue weighted by Crippen LogP contribution is 2.24. The predicted molar refractivity (Wildman–Crippen MR) is 128 cm³/mol. The summed E-state index contributed by atoms with van der Waals surface area (Å²) in [5.74, 6) is 0.431. The van der Waals surface area contributed by atoms with Crippen LogP contribution < -0.4 is 21.3 Å². The number of primary amides is 1. The van der Waals surface area contributed by atoms with Gasteiger partial charge in [0.25, 0.3) is 0 Å². The Kier molecular flexibility index (Phi) is 9.04. The normalized spacial score (nSPS) is 15.0. The first-order valence-corrected chi connectivity index (χ1v) is 10.3. The van der Waals surface area contributed by atoms with Crippen molar-refractivity contribution in [1.29, 1.82) is 0 Å². The van der Waals surface area contributed by atoms with Gasteiger partial charge in [-0.3, -0.25) is 4.79 Å². The van der Waals surface area contributed by atoms with Gasteiger partial charge in [-0.15, -0.1) is 35.3 Å². The van der Waals surface area contributed by atoms with Crippen molar-refractivity contribution < 1.29 is 4.79 Å². The van der Waals surface area contributed by atoms with Crippen LogP contribution in [0.3, 0.4) is 0 Å². The zero-order valence-corrected chi connectivity index (χ0v) is 19.2. The highest BCUT2D eigenvalue weighted by molar-refractivity contribution is 14.0. The molecule has 28 heavy (non-hydrogen) atoms. The molecule has 3 rings (SSSR count). The minimum Gasteiger partial charge on any atom is -0.366 e. The summed E-state index contributed by atoms with van der Waals surface area (Å²) in [4.78, 5) is 18.3. The number of carbonyl (C=O) groups is 1. The average Bonchev–Trinajstić information content (AvgIpc) is 3.22. The van der Waals surface area contributed by atoms with Crippen LogP contribution in [0.25, 0.3) is 0 Å². The molecule has 2 heterocycles. The number of nitrogens with one attached hydrogen (secondary N) is 2. The fourth-order valence-corrected chi connectivity index (χ4v) is 3.94. The van der Waals surface area contributed by atoms with Crippen LogP contribution in [-0.4, -0.2) is 37.5 Å². The molecule has 6 nitrogen and oxygen atoms in total. The van der Waals surface area contributed by atoms with Crippen LogP contribution in [0.5, 0.6) is 0 Å². The van der Waals surface area contributed by atoms with Crippen LogP contribution in [0.4, 0.5) is 5.00 Å². The molecule has 1 aliphatic heterocycles. The Balaban J connectivity index is 0.00000280. The third kappa shape index (κ3) is 6.37. The maximum absolute atomic E-state index is 11.2. The second-order valence-electron chi connectivity index (χ2n) is 6.61. The molecule has 2 aromatic rings. The Morgan fingerprint density at radius 2 is 1.96 bits per heavy atom. The van der Waals surface area contributed by atoms with Crippen molar-refractivity contribution in [2.45, 2.75) is 32.4 Å². The molecule has 4 N–H and O–H groups in total. The molecular weight excluding hydrogens is 485 g/mol. The average molecular weight is 513 g/mol. The van der Waals surface area contributed by atoms with Crippen LogP contribution in [0.2, 0.25) is 0 Å². The molecule has 1 aromatic heterocycles. The van der Waals surface area contributed by atoms with Gasteiger partial charge in [0, 0.05) is 31.2 Å². The number of aliphatic imine (C=N–C) groups is 1. The molecule has 0 bridgehead atoms. The maximum atomic E-state index is 11.2. The number of piperidine rings is 1. The second-order valence-corrected chi connectivity index (χ2v) is 7.54.